The summed E-state index contributed by atoms with van der Waals surface area (Å²) in [4.78, 5) is 14.7. The molecule has 0 saturated carbocycles. The van der Waals surface area contributed by atoms with Crippen molar-refractivity contribution in [3.8, 4) is 17.6 Å². The standard InChI is InChI=1S/C24H24ClNO2/c1-24(2)17-26(23(27)19-9-6-11-21(25)16-19)14-13-20(24)10-4-7-18-8-5-12-22(15-18)28-3/h5-6,8-12,15-16H,13-14,17H2,1-3H3/b20-10+. The number of allylic oxidation sites excluding steroid dienone is 1. The molecule has 0 atom stereocenters. The first-order valence-electron chi connectivity index (χ1n) is 9.29. The van der Waals surface area contributed by atoms with Crippen LogP contribution >= 0.6 is 11.6 Å². The Labute approximate surface area is 172 Å². The molecular formula is C24H24ClNO2. The van der Waals surface area contributed by atoms with Gasteiger partial charge in [0.1, 0.15) is 5.75 Å². The number of piperidine rings is 1. The normalized spacial score (nSPS) is 17.0. The molecular weight excluding hydrogens is 370 g/mol. The van der Waals surface area contributed by atoms with Crippen molar-refractivity contribution in [1.29, 1.82) is 0 Å². The highest BCUT2D eigenvalue weighted by molar-refractivity contribution is 6.30. The number of hydrogen-bond acceptors (Lipinski definition) is 2. The Balaban J connectivity index is 1.72. The molecule has 3 nitrogen and oxygen atoms in total. The minimum absolute atomic E-state index is 0.0251. The lowest BCUT2D eigenvalue weighted by Crippen LogP contribution is -2.44. The summed E-state index contributed by atoms with van der Waals surface area (Å²) in [5.41, 5.74) is 2.68. The smallest absolute Gasteiger partial charge is 0.253 e. The molecule has 1 fully saturated rings. The highest BCUT2D eigenvalue weighted by Gasteiger charge is 2.33. The molecule has 0 aromatic heterocycles. The molecule has 0 N–H and O–H groups in total. The molecule has 0 unspecified atom stereocenters. The van der Waals surface area contributed by atoms with Gasteiger partial charge in [-0.05, 0) is 48.9 Å². The van der Waals surface area contributed by atoms with E-state index in [0.717, 1.165) is 17.7 Å². The van der Waals surface area contributed by atoms with Crippen molar-refractivity contribution in [2.24, 2.45) is 5.41 Å². The average molecular weight is 394 g/mol. The fourth-order valence-electron chi connectivity index (χ4n) is 3.40. The van der Waals surface area contributed by atoms with Gasteiger partial charge < -0.3 is 9.64 Å². The van der Waals surface area contributed by atoms with Crippen LogP contribution in [-0.2, 0) is 0 Å². The van der Waals surface area contributed by atoms with Gasteiger partial charge in [-0.1, -0.05) is 55.0 Å². The van der Waals surface area contributed by atoms with E-state index < -0.39 is 0 Å². The van der Waals surface area contributed by atoms with Crippen molar-refractivity contribution < 1.29 is 9.53 Å². The molecule has 1 aliphatic heterocycles. The molecule has 1 aliphatic rings. The molecule has 28 heavy (non-hydrogen) atoms. The van der Waals surface area contributed by atoms with Crippen molar-refractivity contribution in [3.63, 3.8) is 0 Å². The lowest BCUT2D eigenvalue weighted by Gasteiger charge is -2.40. The Kier molecular flexibility index (Phi) is 6.11. The van der Waals surface area contributed by atoms with Crippen molar-refractivity contribution >= 4 is 17.5 Å². The third-order valence-electron chi connectivity index (χ3n) is 5.00. The third kappa shape index (κ3) is 4.77. The Morgan fingerprint density at radius 3 is 2.71 bits per heavy atom. The van der Waals surface area contributed by atoms with Crippen LogP contribution in [0.4, 0.5) is 0 Å². The molecule has 1 saturated heterocycles. The molecule has 144 valence electrons. The van der Waals surface area contributed by atoms with Crippen molar-refractivity contribution in [2.45, 2.75) is 20.3 Å². The summed E-state index contributed by atoms with van der Waals surface area (Å²) >= 11 is 6.03. The Hall–Kier alpha value is -2.70. The zero-order valence-corrected chi connectivity index (χ0v) is 17.2. The summed E-state index contributed by atoms with van der Waals surface area (Å²) in [6, 6.07) is 14.8. The summed E-state index contributed by atoms with van der Waals surface area (Å²) in [6.07, 6.45) is 2.81. The maximum absolute atomic E-state index is 12.8. The fourth-order valence-corrected chi connectivity index (χ4v) is 3.59. The minimum Gasteiger partial charge on any atom is -0.497 e. The van der Waals surface area contributed by atoms with Crippen LogP contribution in [0.5, 0.6) is 5.75 Å². The lowest BCUT2D eigenvalue weighted by molar-refractivity contribution is 0.0663. The second-order valence-corrected chi connectivity index (χ2v) is 7.98. The molecule has 0 aliphatic carbocycles. The molecule has 3 rings (SSSR count). The van der Waals surface area contributed by atoms with Gasteiger partial charge in [0, 0.05) is 34.7 Å². The molecule has 0 bridgehead atoms. The number of hydrogen-bond donors (Lipinski definition) is 0. The Morgan fingerprint density at radius 1 is 1.21 bits per heavy atom. The van der Waals surface area contributed by atoms with Crippen LogP contribution in [0.1, 0.15) is 36.2 Å². The Bertz CT molecular complexity index is 966. The summed E-state index contributed by atoms with van der Waals surface area (Å²) in [7, 11) is 1.65. The van der Waals surface area contributed by atoms with Gasteiger partial charge in [-0.25, -0.2) is 0 Å². The van der Waals surface area contributed by atoms with Gasteiger partial charge in [-0.15, -0.1) is 0 Å². The van der Waals surface area contributed by atoms with E-state index in [1.165, 1.54) is 5.57 Å². The zero-order valence-electron chi connectivity index (χ0n) is 16.5. The molecule has 0 radical (unpaired) electrons. The number of ether oxygens (including phenoxy) is 1. The van der Waals surface area contributed by atoms with E-state index in [9.17, 15) is 4.79 Å². The van der Waals surface area contributed by atoms with Gasteiger partial charge >= 0.3 is 0 Å². The molecule has 1 heterocycles. The van der Waals surface area contributed by atoms with Crippen LogP contribution in [0.25, 0.3) is 0 Å². The summed E-state index contributed by atoms with van der Waals surface area (Å²) in [5, 5.41) is 0.579. The zero-order chi connectivity index (χ0) is 20.1. The number of carbonyl (C=O) groups is 1. The van der Waals surface area contributed by atoms with Gasteiger partial charge in [0.05, 0.1) is 7.11 Å². The van der Waals surface area contributed by atoms with Gasteiger partial charge in [0.15, 0.2) is 0 Å². The number of benzene rings is 2. The van der Waals surface area contributed by atoms with Crippen LogP contribution in [0.15, 0.2) is 60.2 Å². The minimum atomic E-state index is -0.129. The highest BCUT2D eigenvalue weighted by Crippen LogP contribution is 2.34. The summed E-state index contributed by atoms with van der Waals surface area (Å²) in [5.74, 6) is 7.17. The monoisotopic (exact) mass is 393 g/mol. The first-order chi connectivity index (χ1) is 13.4. The largest absolute Gasteiger partial charge is 0.497 e. The predicted molar refractivity (Wildman–Crippen MR) is 114 cm³/mol. The van der Waals surface area contributed by atoms with E-state index in [-0.39, 0.29) is 11.3 Å². The molecule has 0 spiro atoms. The maximum Gasteiger partial charge on any atom is 0.253 e. The third-order valence-corrected chi connectivity index (χ3v) is 5.23. The number of carbonyl (C=O) groups excluding carboxylic acids is 1. The van der Waals surface area contributed by atoms with E-state index in [1.54, 1.807) is 19.2 Å². The van der Waals surface area contributed by atoms with Gasteiger partial charge in [-0.3, -0.25) is 4.79 Å². The second kappa shape index (κ2) is 8.54. The van der Waals surface area contributed by atoms with E-state index in [2.05, 4.69) is 25.7 Å². The predicted octanol–water partition coefficient (Wildman–Crippen LogP) is 5.20. The van der Waals surface area contributed by atoms with Crippen molar-refractivity contribution in [1.82, 2.24) is 4.90 Å². The van der Waals surface area contributed by atoms with E-state index in [1.807, 2.05) is 47.4 Å². The number of likely N-dealkylation sites (tertiary alicyclic amines) is 1. The van der Waals surface area contributed by atoms with Crippen LogP contribution in [0, 0.1) is 17.3 Å². The number of halogens is 1. The van der Waals surface area contributed by atoms with E-state index >= 15 is 0 Å². The highest BCUT2D eigenvalue weighted by atomic mass is 35.5. The quantitative estimate of drug-likeness (QED) is 0.656. The number of nitrogens with zero attached hydrogens (tertiary/aromatic N) is 1. The van der Waals surface area contributed by atoms with Crippen LogP contribution < -0.4 is 4.74 Å². The van der Waals surface area contributed by atoms with Gasteiger partial charge in [-0.2, -0.15) is 0 Å². The van der Waals surface area contributed by atoms with Crippen LogP contribution in [-0.4, -0.2) is 31.0 Å². The van der Waals surface area contributed by atoms with E-state index in [0.29, 0.717) is 23.7 Å². The molecule has 4 heteroatoms. The second-order valence-electron chi connectivity index (χ2n) is 7.54. The summed E-state index contributed by atoms with van der Waals surface area (Å²) in [6.45, 7) is 5.65. The number of methoxy groups -OCH3 is 1. The maximum atomic E-state index is 12.8. The number of amides is 1. The SMILES string of the molecule is COc1cccc(C#C/C=C2\CCN(C(=O)c3cccc(Cl)c3)CC2(C)C)c1. The van der Waals surface area contributed by atoms with Gasteiger partial charge in [0.25, 0.3) is 5.91 Å². The molecule has 1 amide bonds. The summed E-state index contributed by atoms with van der Waals surface area (Å²) < 4.78 is 5.23. The van der Waals surface area contributed by atoms with E-state index in [4.69, 9.17) is 16.3 Å². The average Bonchev–Trinajstić information content (AvgIpc) is 2.68. The topological polar surface area (TPSA) is 29.5 Å². The molecule has 2 aromatic carbocycles. The van der Waals surface area contributed by atoms with Crippen LogP contribution in [0.2, 0.25) is 5.02 Å². The first-order valence-corrected chi connectivity index (χ1v) is 9.67. The lowest BCUT2D eigenvalue weighted by atomic mass is 9.78. The fraction of sp³-hybridized carbons (Fsp3) is 0.292. The van der Waals surface area contributed by atoms with Crippen molar-refractivity contribution in [2.75, 3.05) is 20.2 Å². The number of rotatable bonds is 2. The molecule has 2 aromatic rings. The Morgan fingerprint density at radius 2 is 2.00 bits per heavy atom. The van der Waals surface area contributed by atoms with Crippen LogP contribution in [0.3, 0.4) is 0 Å². The van der Waals surface area contributed by atoms with Gasteiger partial charge in [0.2, 0.25) is 0 Å². The van der Waals surface area contributed by atoms with Crippen molar-refractivity contribution in [3.05, 3.63) is 76.3 Å². The first kappa shape index (κ1) is 20.0.